The van der Waals surface area contributed by atoms with E-state index in [1.807, 2.05) is 6.92 Å². The molecule has 1 aromatic carbocycles. The maximum atomic E-state index is 10.8. The summed E-state index contributed by atoms with van der Waals surface area (Å²) in [5, 5.41) is 16.2. The molecule has 0 spiro atoms. The third-order valence-electron chi connectivity index (χ3n) is 2.74. The number of non-ortho nitro benzene ring substituents is 1. The number of hydrogen-bond acceptors (Lipinski definition) is 5. The molecule has 0 aliphatic carbocycles. The van der Waals surface area contributed by atoms with Gasteiger partial charge in [0.2, 0.25) is 4.96 Å². The van der Waals surface area contributed by atoms with Crippen molar-refractivity contribution in [3.63, 3.8) is 0 Å². The summed E-state index contributed by atoms with van der Waals surface area (Å²) in [6, 6.07) is 6.45. The van der Waals surface area contributed by atoms with Gasteiger partial charge < -0.3 is 0 Å². The van der Waals surface area contributed by atoms with E-state index in [1.54, 1.807) is 22.8 Å². The Morgan fingerprint density at radius 1 is 1.47 bits per heavy atom. The second-order valence-electron chi connectivity index (χ2n) is 4.01. The van der Waals surface area contributed by atoms with Gasteiger partial charge in [0.15, 0.2) is 0 Å². The molecule has 0 fully saturated rings. The van der Waals surface area contributed by atoms with Crippen LogP contribution in [0.15, 0.2) is 30.5 Å². The lowest BCUT2D eigenvalue weighted by molar-refractivity contribution is -0.384. The highest BCUT2D eigenvalue weighted by atomic mass is 32.1. The number of benzene rings is 1. The smallest absolute Gasteiger partial charge is 0.258 e. The highest BCUT2D eigenvalue weighted by molar-refractivity contribution is 7.16. The van der Waals surface area contributed by atoms with Crippen molar-refractivity contribution in [1.29, 1.82) is 0 Å². The first kappa shape index (κ1) is 11.8. The number of fused-ring (bicyclic) bond motifs is 1. The zero-order valence-corrected chi connectivity index (χ0v) is 10.9. The maximum absolute atomic E-state index is 10.8. The number of imidazole rings is 1. The van der Waals surface area contributed by atoms with Crippen LogP contribution in [0.5, 0.6) is 0 Å². The van der Waals surface area contributed by atoms with Gasteiger partial charge in [-0.2, -0.15) is 5.10 Å². The first-order valence-corrected chi connectivity index (χ1v) is 6.59. The Labute approximate surface area is 112 Å². The Balaban J connectivity index is 2.06. The molecule has 0 saturated carbocycles. The van der Waals surface area contributed by atoms with Crippen molar-refractivity contribution in [1.82, 2.24) is 14.6 Å². The molecule has 3 aromatic rings. The fourth-order valence-electron chi connectivity index (χ4n) is 1.80. The molecule has 0 N–H and O–H groups in total. The quantitative estimate of drug-likeness (QED) is 0.543. The average Bonchev–Trinajstić information content (AvgIpc) is 2.96. The van der Waals surface area contributed by atoms with E-state index in [1.165, 1.54) is 23.5 Å². The summed E-state index contributed by atoms with van der Waals surface area (Å²) in [7, 11) is 0. The van der Waals surface area contributed by atoms with Crippen molar-refractivity contribution in [2.45, 2.75) is 13.3 Å². The van der Waals surface area contributed by atoms with Gasteiger partial charge in [-0.3, -0.25) is 10.1 Å². The predicted octanol–water partition coefficient (Wildman–Crippen LogP) is 2.93. The zero-order valence-electron chi connectivity index (χ0n) is 10.1. The zero-order chi connectivity index (χ0) is 13.4. The first-order valence-electron chi connectivity index (χ1n) is 5.77. The SMILES string of the molecule is CCc1nn2cc(-c3cccc([N+](=O)[O-])c3)nc2s1. The van der Waals surface area contributed by atoms with Crippen LogP contribution in [0.2, 0.25) is 0 Å². The van der Waals surface area contributed by atoms with E-state index in [4.69, 9.17) is 0 Å². The Bertz CT molecular complexity index is 731. The molecule has 0 saturated heterocycles. The van der Waals surface area contributed by atoms with Crippen LogP contribution in [0.4, 0.5) is 5.69 Å². The summed E-state index contributed by atoms with van der Waals surface area (Å²) < 4.78 is 1.72. The van der Waals surface area contributed by atoms with Gasteiger partial charge in [-0.15, -0.1) is 0 Å². The van der Waals surface area contributed by atoms with E-state index < -0.39 is 4.92 Å². The van der Waals surface area contributed by atoms with Gasteiger partial charge >= 0.3 is 0 Å². The van der Waals surface area contributed by atoms with Crippen LogP contribution in [-0.2, 0) is 6.42 Å². The number of rotatable bonds is 3. The molecule has 0 radical (unpaired) electrons. The molecule has 96 valence electrons. The third-order valence-corrected chi connectivity index (χ3v) is 3.81. The molecule has 0 bridgehead atoms. The molecule has 2 heterocycles. The molecule has 0 atom stereocenters. The molecule has 2 aromatic heterocycles. The van der Waals surface area contributed by atoms with Crippen molar-refractivity contribution in [2.75, 3.05) is 0 Å². The van der Waals surface area contributed by atoms with Crippen LogP contribution in [0.1, 0.15) is 11.9 Å². The molecule has 0 aliphatic rings. The molecular formula is C12H10N4O2S. The molecule has 19 heavy (non-hydrogen) atoms. The van der Waals surface area contributed by atoms with E-state index in [-0.39, 0.29) is 5.69 Å². The fourth-order valence-corrected chi connectivity index (χ4v) is 2.62. The van der Waals surface area contributed by atoms with E-state index in [0.29, 0.717) is 5.69 Å². The van der Waals surface area contributed by atoms with Crippen LogP contribution in [0.25, 0.3) is 16.2 Å². The highest BCUT2D eigenvalue weighted by Gasteiger charge is 2.12. The van der Waals surface area contributed by atoms with E-state index in [9.17, 15) is 10.1 Å². The summed E-state index contributed by atoms with van der Waals surface area (Å²) in [6.45, 7) is 2.04. The molecule has 0 amide bonds. The van der Waals surface area contributed by atoms with Crippen molar-refractivity contribution >= 4 is 22.0 Å². The van der Waals surface area contributed by atoms with Gasteiger partial charge in [0.05, 0.1) is 16.8 Å². The largest absolute Gasteiger partial charge is 0.270 e. The monoisotopic (exact) mass is 274 g/mol. The number of aryl methyl sites for hydroxylation is 1. The number of aromatic nitrogens is 3. The van der Waals surface area contributed by atoms with Crippen LogP contribution in [-0.4, -0.2) is 19.5 Å². The van der Waals surface area contributed by atoms with Crippen molar-refractivity contribution in [3.8, 4) is 11.3 Å². The molecule has 7 heteroatoms. The second kappa shape index (κ2) is 4.43. The minimum Gasteiger partial charge on any atom is -0.258 e. The number of hydrogen-bond donors (Lipinski definition) is 0. The Morgan fingerprint density at radius 2 is 2.32 bits per heavy atom. The fraction of sp³-hybridized carbons (Fsp3) is 0.167. The van der Waals surface area contributed by atoms with Crippen LogP contribution in [0.3, 0.4) is 0 Å². The van der Waals surface area contributed by atoms with Gasteiger partial charge in [-0.05, 0) is 6.42 Å². The van der Waals surface area contributed by atoms with Gasteiger partial charge in [0, 0.05) is 17.7 Å². The third kappa shape index (κ3) is 2.08. The molecule has 6 nitrogen and oxygen atoms in total. The number of nitro benzene ring substituents is 1. The highest BCUT2D eigenvalue weighted by Crippen LogP contribution is 2.25. The van der Waals surface area contributed by atoms with Crippen LogP contribution >= 0.6 is 11.3 Å². The van der Waals surface area contributed by atoms with Gasteiger partial charge in [-0.25, -0.2) is 9.50 Å². The first-order chi connectivity index (χ1) is 9.17. The summed E-state index contributed by atoms with van der Waals surface area (Å²) in [5.41, 5.74) is 1.49. The lowest BCUT2D eigenvalue weighted by Crippen LogP contribution is -1.88. The number of nitrogens with zero attached hydrogens (tertiary/aromatic N) is 4. The van der Waals surface area contributed by atoms with Crippen molar-refractivity contribution in [3.05, 3.63) is 45.6 Å². The van der Waals surface area contributed by atoms with E-state index in [0.717, 1.165) is 22.0 Å². The van der Waals surface area contributed by atoms with Crippen molar-refractivity contribution in [2.24, 2.45) is 0 Å². The summed E-state index contributed by atoms with van der Waals surface area (Å²) in [6.07, 6.45) is 2.67. The Hall–Kier alpha value is -2.28. The minimum atomic E-state index is -0.407. The minimum absolute atomic E-state index is 0.0658. The molecule has 3 rings (SSSR count). The van der Waals surface area contributed by atoms with E-state index >= 15 is 0 Å². The standard InChI is InChI=1S/C12H10N4O2S/c1-2-11-14-15-7-10(13-12(15)19-11)8-4-3-5-9(6-8)16(17)18/h3-7H,2H2,1H3. The normalized spacial score (nSPS) is 11.0. The topological polar surface area (TPSA) is 73.3 Å². The lowest BCUT2D eigenvalue weighted by Gasteiger charge is -1.95. The number of nitro groups is 1. The summed E-state index contributed by atoms with van der Waals surface area (Å²) in [4.78, 5) is 15.6. The molecule has 0 aliphatic heterocycles. The molecule has 0 unspecified atom stereocenters. The van der Waals surface area contributed by atoms with Gasteiger partial charge in [-0.1, -0.05) is 30.4 Å². The van der Waals surface area contributed by atoms with Crippen molar-refractivity contribution < 1.29 is 4.92 Å². The predicted molar refractivity (Wildman–Crippen MR) is 72.3 cm³/mol. The van der Waals surface area contributed by atoms with Crippen LogP contribution in [0, 0.1) is 10.1 Å². The Kier molecular flexibility index (Phi) is 2.75. The average molecular weight is 274 g/mol. The Morgan fingerprint density at radius 3 is 3.00 bits per heavy atom. The lowest BCUT2D eigenvalue weighted by atomic mass is 10.1. The van der Waals surface area contributed by atoms with E-state index in [2.05, 4.69) is 10.1 Å². The van der Waals surface area contributed by atoms with Gasteiger partial charge in [0.25, 0.3) is 5.69 Å². The molecular weight excluding hydrogens is 264 g/mol. The summed E-state index contributed by atoms with van der Waals surface area (Å²) in [5.74, 6) is 0. The summed E-state index contributed by atoms with van der Waals surface area (Å²) >= 11 is 1.53. The van der Waals surface area contributed by atoms with Gasteiger partial charge in [0.1, 0.15) is 5.01 Å². The second-order valence-corrected chi connectivity index (χ2v) is 5.05. The van der Waals surface area contributed by atoms with Crippen LogP contribution < -0.4 is 0 Å². The maximum Gasteiger partial charge on any atom is 0.270 e.